The number of carbonyl (C=O) groups is 2. The summed E-state index contributed by atoms with van der Waals surface area (Å²) >= 11 is 0. The number of ether oxygens (including phenoxy) is 2. The van der Waals surface area contributed by atoms with Gasteiger partial charge in [-0.25, -0.2) is 4.98 Å². The standard InChI is InChI=1S/C18H18FN3O4/c1-25-13-5-9-8(4-10(13)16(20)23)2-3-21-18(9)26-7-12-14-11(6-19)15(14)17(24)22-12/h2-5,11-12,14-15H,6-7H2,1H3,(H2,20,23)(H,22,24)/t11-,12+,14+,15+/m0/s1. The molecule has 7 nitrogen and oxygen atoms in total. The van der Waals surface area contributed by atoms with Gasteiger partial charge in [-0.3, -0.25) is 14.0 Å². The van der Waals surface area contributed by atoms with Crippen LogP contribution >= 0.6 is 0 Å². The Labute approximate surface area is 148 Å². The third kappa shape index (κ3) is 2.53. The molecular weight excluding hydrogens is 341 g/mol. The largest absolute Gasteiger partial charge is 0.496 e. The van der Waals surface area contributed by atoms with Gasteiger partial charge in [-0.1, -0.05) is 0 Å². The van der Waals surface area contributed by atoms with Gasteiger partial charge in [0.05, 0.1) is 25.4 Å². The summed E-state index contributed by atoms with van der Waals surface area (Å²) in [6.45, 7) is -0.283. The summed E-state index contributed by atoms with van der Waals surface area (Å²) in [5.41, 5.74) is 5.65. The van der Waals surface area contributed by atoms with Crippen molar-refractivity contribution in [2.24, 2.45) is 23.5 Å². The van der Waals surface area contributed by atoms with Crippen LogP contribution in [0.15, 0.2) is 24.4 Å². The average molecular weight is 359 g/mol. The minimum atomic E-state index is -0.589. The minimum Gasteiger partial charge on any atom is -0.496 e. The molecule has 2 amide bonds. The van der Waals surface area contributed by atoms with Crippen LogP contribution in [0.25, 0.3) is 10.8 Å². The second kappa shape index (κ2) is 6.12. The van der Waals surface area contributed by atoms with Crippen LogP contribution in [0.3, 0.4) is 0 Å². The molecule has 1 aromatic heterocycles. The van der Waals surface area contributed by atoms with Crippen LogP contribution in [0.4, 0.5) is 4.39 Å². The van der Waals surface area contributed by atoms with Crippen LogP contribution in [0.1, 0.15) is 10.4 Å². The number of benzene rings is 1. The number of piperidine rings is 1. The van der Waals surface area contributed by atoms with Gasteiger partial charge in [0.25, 0.3) is 5.91 Å². The molecule has 1 aliphatic heterocycles. The van der Waals surface area contributed by atoms with E-state index in [0.29, 0.717) is 17.0 Å². The maximum atomic E-state index is 12.9. The highest BCUT2D eigenvalue weighted by molar-refractivity contribution is 6.01. The molecule has 4 atom stereocenters. The molecule has 1 aliphatic carbocycles. The summed E-state index contributed by atoms with van der Waals surface area (Å²) in [5, 5.41) is 4.23. The van der Waals surface area contributed by atoms with Gasteiger partial charge < -0.3 is 20.5 Å². The van der Waals surface area contributed by atoms with Gasteiger partial charge in [0.2, 0.25) is 11.8 Å². The number of pyridine rings is 1. The normalized spacial score (nSPS) is 26.3. The number of rotatable bonds is 6. The number of nitrogens with one attached hydrogen (secondary N) is 1. The van der Waals surface area contributed by atoms with Gasteiger partial charge in [0.1, 0.15) is 12.4 Å². The summed E-state index contributed by atoms with van der Waals surface area (Å²) < 4.78 is 24.0. The lowest BCUT2D eigenvalue weighted by atomic mass is 10.1. The SMILES string of the molecule is COc1cc2c(OC[C@H]3NC(=O)[C@@H]4[C@@H](CF)[C@@H]43)nccc2cc1C(N)=O. The first-order valence-electron chi connectivity index (χ1n) is 8.31. The van der Waals surface area contributed by atoms with E-state index in [1.54, 1.807) is 24.4 Å². The molecule has 1 saturated heterocycles. The van der Waals surface area contributed by atoms with Crippen molar-refractivity contribution in [3.63, 3.8) is 0 Å². The molecule has 8 heteroatoms. The van der Waals surface area contributed by atoms with E-state index in [0.717, 1.165) is 5.39 Å². The molecular formula is C18H18FN3O4. The molecule has 0 radical (unpaired) electrons. The number of nitrogens with two attached hydrogens (primary N) is 1. The molecule has 0 unspecified atom stereocenters. The lowest BCUT2D eigenvalue weighted by Crippen LogP contribution is -2.37. The second-order valence-corrected chi connectivity index (χ2v) is 6.60. The highest BCUT2D eigenvalue weighted by Crippen LogP contribution is 2.52. The number of halogens is 1. The molecule has 26 heavy (non-hydrogen) atoms. The van der Waals surface area contributed by atoms with Crippen LogP contribution in [-0.2, 0) is 4.79 Å². The first-order valence-corrected chi connectivity index (χ1v) is 8.31. The molecule has 0 bridgehead atoms. The van der Waals surface area contributed by atoms with Crippen molar-refractivity contribution < 1.29 is 23.5 Å². The van der Waals surface area contributed by atoms with Crippen LogP contribution in [-0.4, -0.2) is 43.2 Å². The molecule has 4 rings (SSSR count). The number of nitrogens with zero attached hydrogens (tertiary/aromatic N) is 1. The van der Waals surface area contributed by atoms with Gasteiger partial charge in [-0.15, -0.1) is 0 Å². The average Bonchev–Trinajstić information content (AvgIpc) is 3.29. The van der Waals surface area contributed by atoms with Crippen LogP contribution in [0.5, 0.6) is 11.6 Å². The summed E-state index contributed by atoms with van der Waals surface area (Å²) in [6.07, 6.45) is 1.56. The second-order valence-electron chi connectivity index (χ2n) is 6.60. The predicted molar refractivity (Wildman–Crippen MR) is 90.7 cm³/mol. The molecule has 3 N–H and O–H groups in total. The van der Waals surface area contributed by atoms with Crippen molar-refractivity contribution in [3.05, 3.63) is 30.0 Å². The van der Waals surface area contributed by atoms with Gasteiger partial charge in [0, 0.05) is 29.3 Å². The fourth-order valence-electron chi connectivity index (χ4n) is 3.86. The van der Waals surface area contributed by atoms with E-state index in [-0.39, 0.29) is 41.9 Å². The lowest BCUT2D eigenvalue weighted by Gasteiger charge is -2.17. The lowest BCUT2D eigenvalue weighted by molar-refractivity contribution is -0.121. The quantitative estimate of drug-likeness (QED) is 0.802. The molecule has 2 aromatic rings. The Morgan fingerprint density at radius 1 is 1.42 bits per heavy atom. The van der Waals surface area contributed by atoms with Gasteiger partial charge >= 0.3 is 0 Å². The Morgan fingerprint density at radius 3 is 2.88 bits per heavy atom. The van der Waals surface area contributed by atoms with Crippen molar-refractivity contribution in [2.45, 2.75) is 6.04 Å². The third-order valence-corrected chi connectivity index (χ3v) is 5.22. The third-order valence-electron chi connectivity index (χ3n) is 5.22. The number of methoxy groups -OCH3 is 1. The van der Waals surface area contributed by atoms with E-state index in [4.69, 9.17) is 15.2 Å². The highest BCUT2D eigenvalue weighted by atomic mass is 19.1. The fraction of sp³-hybridized carbons (Fsp3) is 0.389. The zero-order valence-electron chi connectivity index (χ0n) is 14.1. The number of aromatic nitrogens is 1. The number of primary amides is 1. The Morgan fingerprint density at radius 2 is 2.23 bits per heavy atom. The first kappa shape index (κ1) is 16.6. The number of amides is 2. The highest BCUT2D eigenvalue weighted by Gasteiger charge is 2.63. The summed E-state index contributed by atoms with van der Waals surface area (Å²) in [4.78, 5) is 27.6. The number of fused-ring (bicyclic) bond motifs is 2. The molecule has 136 valence electrons. The number of alkyl halides is 1. The minimum absolute atomic E-state index is 0.0153. The molecule has 1 saturated carbocycles. The van der Waals surface area contributed by atoms with Gasteiger partial charge in [-0.2, -0.15) is 0 Å². The first-order chi connectivity index (χ1) is 12.5. The predicted octanol–water partition coefficient (Wildman–Crippen LogP) is 1.05. The van der Waals surface area contributed by atoms with Crippen LogP contribution in [0.2, 0.25) is 0 Å². The Kier molecular flexibility index (Phi) is 3.90. The van der Waals surface area contributed by atoms with Crippen LogP contribution < -0.4 is 20.5 Å². The van der Waals surface area contributed by atoms with Crippen molar-refractivity contribution in [2.75, 3.05) is 20.4 Å². The van der Waals surface area contributed by atoms with E-state index < -0.39 is 12.6 Å². The number of hydrogen-bond donors (Lipinski definition) is 2. The Balaban J connectivity index is 1.59. The summed E-state index contributed by atoms with van der Waals surface area (Å²) in [5.74, 6) is -0.454. The van der Waals surface area contributed by atoms with E-state index in [9.17, 15) is 14.0 Å². The molecule has 2 aliphatic rings. The molecule has 0 spiro atoms. The van der Waals surface area contributed by atoms with Crippen molar-refractivity contribution >= 4 is 22.6 Å². The van der Waals surface area contributed by atoms with Crippen LogP contribution in [0, 0.1) is 17.8 Å². The molecule has 2 heterocycles. The summed E-state index contributed by atoms with van der Waals surface area (Å²) in [6, 6.07) is 4.78. The van der Waals surface area contributed by atoms with E-state index in [1.807, 2.05) is 0 Å². The van der Waals surface area contributed by atoms with Crippen molar-refractivity contribution in [1.82, 2.24) is 10.3 Å². The smallest absolute Gasteiger partial charge is 0.252 e. The van der Waals surface area contributed by atoms with Gasteiger partial charge in [0.15, 0.2) is 0 Å². The zero-order chi connectivity index (χ0) is 18.4. The summed E-state index contributed by atoms with van der Waals surface area (Å²) in [7, 11) is 1.45. The monoisotopic (exact) mass is 359 g/mol. The molecule has 1 aromatic carbocycles. The fourth-order valence-corrected chi connectivity index (χ4v) is 3.86. The van der Waals surface area contributed by atoms with Crippen molar-refractivity contribution in [3.8, 4) is 11.6 Å². The topological polar surface area (TPSA) is 104 Å². The van der Waals surface area contributed by atoms with E-state index in [1.165, 1.54) is 7.11 Å². The maximum absolute atomic E-state index is 12.9. The van der Waals surface area contributed by atoms with Crippen molar-refractivity contribution in [1.29, 1.82) is 0 Å². The maximum Gasteiger partial charge on any atom is 0.252 e. The van der Waals surface area contributed by atoms with E-state index >= 15 is 0 Å². The zero-order valence-corrected chi connectivity index (χ0v) is 14.1. The number of hydrogen-bond acceptors (Lipinski definition) is 5. The number of carbonyl (C=O) groups excluding carboxylic acids is 2. The Bertz CT molecular complexity index is 903. The molecule has 2 fully saturated rings. The van der Waals surface area contributed by atoms with Gasteiger partial charge in [-0.05, 0) is 23.6 Å². The Hall–Kier alpha value is -2.90. The van der Waals surface area contributed by atoms with E-state index in [2.05, 4.69) is 10.3 Å².